The first kappa shape index (κ1) is 22.7. The van der Waals surface area contributed by atoms with Crippen molar-refractivity contribution in [3.05, 3.63) is 45.4 Å². The van der Waals surface area contributed by atoms with Crippen LogP contribution in [0.2, 0.25) is 5.02 Å². The maximum atomic E-state index is 13.1. The van der Waals surface area contributed by atoms with Gasteiger partial charge in [-0.3, -0.25) is 14.5 Å². The van der Waals surface area contributed by atoms with E-state index in [2.05, 4.69) is 15.2 Å². The molecular formula is C21H27ClN4O3S. The Morgan fingerprint density at radius 3 is 2.67 bits per heavy atom. The van der Waals surface area contributed by atoms with Gasteiger partial charge < -0.3 is 15.0 Å². The van der Waals surface area contributed by atoms with Crippen LogP contribution in [0.15, 0.2) is 24.3 Å². The van der Waals surface area contributed by atoms with E-state index in [0.717, 1.165) is 49.8 Å². The molecule has 0 radical (unpaired) electrons. The van der Waals surface area contributed by atoms with Gasteiger partial charge in [-0.15, -0.1) is 11.3 Å². The predicted octanol–water partition coefficient (Wildman–Crippen LogP) is 3.22. The van der Waals surface area contributed by atoms with Gasteiger partial charge >= 0.3 is 0 Å². The lowest BCUT2D eigenvalue weighted by molar-refractivity contribution is -0.116. The maximum absolute atomic E-state index is 13.1. The van der Waals surface area contributed by atoms with Crippen LogP contribution in [0.1, 0.15) is 27.3 Å². The highest BCUT2D eigenvalue weighted by atomic mass is 35.5. The summed E-state index contributed by atoms with van der Waals surface area (Å²) in [5.41, 5.74) is 1.30. The van der Waals surface area contributed by atoms with Crippen LogP contribution in [0.4, 0.5) is 5.13 Å². The van der Waals surface area contributed by atoms with Gasteiger partial charge in [-0.1, -0.05) is 23.7 Å². The molecule has 3 rings (SSSR count). The van der Waals surface area contributed by atoms with E-state index < -0.39 is 0 Å². The third-order valence-corrected chi connectivity index (χ3v) is 6.32. The van der Waals surface area contributed by atoms with Crippen molar-refractivity contribution in [2.45, 2.75) is 20.3 Å². The average molecular weight is 451 g/mol. The molecule has 2 heterocycles. The minimum Gasteiger partial charge on any atom is -0.379 e. The summed E-state index contributed by atoms with van der Waals surface area (Å²) in [5, 5.41) is 3.74. The van der Waals surface area contributed by atoms with Crippen molar-refractivity contribution in [1.82, 2.24) is 14.8 Å². The quantitative estimate of drug-likeness (QED) is 0.668. The van der Waals surface area contributed by atoms with E-state index in [-0.39, 0.29) is 18.4 Å². The van der Waals surface area contributed by atoms with Gasteiger partial charge in [-0.2, -0.15) is 0 Å². The van der Waals surface area contributed by atoms with Crippen LogP contribution in [-0.2, 0) is 9.53 Å². The number of carbonyl (C=O) groups is 2. The summed E-state index contributed by atoms with van der Waals surface area (Å²) < 4.78 is 5.38. The lowest BCUT2D eigenvalue weighted by Crippen LogP contribution is -2.41. The number of hydrogen-bond donors (Lipinski definition) is 1. The summed E-state index contributed by atoms with van der Waals surface area (Å²) in [5.74, 6) is -0.514. The Labute approximate surface area is 186 Å². The maximum Gasteiger partial charge on any atom is 0.255 e. The zero-order valence-electron chi connectivity index (χ0n) is 17.3. The van der Waals surface area contributed by atoms with Gasteiger partial charge in [-0.05, 0) is 32.4 Å². The zero-order valence-corrected chi connectivity index (χ0v) is 18.9. The number of ether oxygens (including phenoxy) is 1. The van der Waals surface area contributed by atoms with Crippen molar-refractivity contribution < 1.29 is 14.3 Å². The summed E-state index contributed by atoms with van der Waals surface area (Å²) in [6.45, 7) is 8.37. The Morgan fingerprint density at radius 1 is 1.27 bits per heavy atom. The van der Waals surface area contributed by atoms with Gasteiger partial charge in [0.1, 0.15) is 6.54 Å². The standard InChI is InChI=1S/C21H27ClN4O3S/c1-15-16(2)30-21(23-15)24-19(27)14-26(9-5-8-25-10-12-29-13-11-25)20(28)17-6-3-4-7-18(17)22/h3-4,6-7H,5,8-14H2,1-2H3,(H,23,24,27). The Hall–Kier alpha value is -2.00. The van der Waals surface area contributed by atoms with Crippen molar-refractivity contribution in [1.29, 1.82) is 0 Å². The number of benzene rings is 1. The average Bonchev–Trinajstić information content (AvgIpc) is 3.04. The number of nitrogens with zero attached hydrogens (tertiary/aromatic N) is 3. The molecule has 0 saturated carbocycles. The van der Waals surface area contributed by atoms with Gasteiger partial charge in [-0.25, -0.2) is 4.98 Å². The number of rotatable bonds is 8. The molecule has 30 heavy (non-hydrogen) atoms. The summed E-state index contributed by atoms with van der Waals surface area (Å²) in [6.07, 6.45) is 0.763. The van der Waals surface area contributed by atoms with Crippen LogP contribution in [0.5, 0.6) is 0 Å². The second-order valence-corrected chi connectivity index (χ2v) is 8.83. The number of aryl methyl sites for hydroxylation is 2. The first-order valence-electron chi connectivity index (χ1n) is 10.0. The van der Waals surface area contributed by atoms with Crippen molar-refractivity contribution in [3.8, 4) is 0 Å². The molecule has 9 heteroatoms. The molecule has 1 aliphatic rings. The van der Waals surface area contributed by atoms with Crippen molar-refractivity contribution in [2.24, 2.45) is 0 Å². The van der Waals surface area contributed by atoms with Crippen LogP contribution in [-0.4, -0.2) is 72.5 Å². The number of halogens is 1. The van der Waals surface area contributed by atoms with Gasteiger partial charge in [0.15, 0.2) is 5.13 Å². The predicted molar refractivity (Wildman–Crippen MR) is 119 cm³/mol. The Morgan fingerprint density at radius 2 is 2.00 bits per heavy atom. The van der Waals surface area contributed by atoms with E-state index in [4.69, 9.17) is 16.3 Å². The Balaban J connectivity index is 1.65. The third kappa shape index (κ3) is 6.25. The van der Waals surface area contributed by atoms with Crippen LogP contribution in [0, 0.1) is 13.8 Å². The molecule has 1 fully saturated rings. The highest BCUT2D eigenvalue weighted by molar-refractivity contribution is 7.15. The van der Waals surface area contributed by atoms with Gasteiger partial charge in [0, 0.05) is 31.1 Å². The molecule has 1 N–H and O–H groups in total. The molecule has 162 valence electrons. The molecular weight excluding hydrogens is 424 g/mol. The van der Waals surface area contributed by atoms with Crippen molar-refractivity contribution in [3.63, 3.8) is 0 Å². The first-order chi connectivity index (χ1) is 14.4. The molecule has 0 bridgehead atoms. The summed E-state index contributed by atoms with van der Waals surface area (Å²) in [6, 6.07) is 6.92. The van der Waals surface area contributed by atoms with E-state index >= 15 is 0 Å². The van der Waals surface area contributed by atoms with Crippen LogP contribution >= 0.6 is 22.9 Å². The number of carbonyl (C=O) groups excluding carboxylic acids is 2. The monoisotopic (exact) mass is 450 g/mol. The van der Waals surface area contributed by atoms with E-state index in [0.29, 0.717) is 22.3 Å². The first-order valence-corrected chi connectivity index (χ1v) is 11.2. The fourth-order valence-electron chi connectivity index (χ4n) is 3.23. The molecule has 0 atom stereocenters. The molecule has 1 aromatic carbocycles. The number of anilines is 1. The van der Waals surface area contributed by atoms with Crippen LogP contribution in [0.25, 0.3) is 0 Å². The van der Waals surface area contributed by atoms with E-state index in [1.165, 1.54) is 11.3 Å². The number of thiazole rings is 1. The minimum absolute atomic E-state index is 0.0508. The van der Waals surface area contributed by atoms with Crippen molar-refractivity contribution >= 4 is 39.9 Å². The number of amides is 2. The summed E-state index contributed by atoms with van der Waals surface area (Å²) in [4.78, 5) is 35.0. The summed E-state index contributed by atoms with van der Waals surface area (Å²) in [7, 11) is 0. The van der Waals surface area contributed by atoms with Crippen LogP contribution in [0.3, 0.4) is 0 Å². The molecule has 2 amide bonds. The second kappa shape index (κ2) is 10.9. The largest absolute Gasteiger partial charge is 0.379 e. The Bertz CT molecular complexity index is 863. The van der Waals surface area contributed by atoms with E-state index in [9.17, 15) is 9.59 Å². The molecule has 0 spiro atoms. The lowest BCUT2D eigenvalue weighted by Gasteiger charge is -2.28. The molecule has 1 saturated heterocycles. The Kier molecular flexibility index (Phi) is 8.21. The highest BCUT2D eigenvalue weighted by Gasteiger charge is 2.22. The van der Waals surface area contributed by atoms with Gasteiger partial charge in [0.25, 0.3) is 5.91 Å². The zero-order chi connectivity index (χ0) is 21.5. The fraction of sp³-hybridized carbons (Fsp3) is 0.476. The third-order valence-electron chi connectivity index (χ3n) is 5.01. The highest BCUT2D eigenvalue weighted by Crippen LogP contribution is 2.21. The van der Waals surface area contributed by atoms with Crippen LogP contribution < -0.4 is 5.32 Å². The SMILES string of the molecule is Cc1nc(NC(=O)CN(CCCN2CCOCC2)C(=O)c2ccccc2Cl)sc1C. The lowest BCUT2D eigenvalue weighted by atomic mass is 10.2. The van der Waals surface area contributed by atoms with Gasteiger partial charge in [0.05, 0.1) is 29.5 Å². The molecule has 0 aliphatic carbocycles. The van der Waals surface area contributed by atoms with Gasteiger partial charge in [0.2, 0.25) is 5.91 Å². The second-order valence-electron chi connectivity index (χ2n) is 7.22. The number of morpholine rings is 1. The fourth-order valence-corrected chi connectivity index (χ4v) is 4.27. The molecule has 1 aliphatic heterocycles. The topological polar surface area (TPSA) is 74.8 Å². The summed E-state index contributed by atoms with van der Waals surface area (Å²) >= 11 is 7.65. The smallest absolute Gasteiger partial charge is 0.255 e. The number of aromatic nitrogens is 1. The molecule has 0 unspecified atom stereocenters. The van der Waals surface area contributed by atoms with E-state index in [1.54, 1.807) is 29.2 Å². The molecule has 1 aromatic heterocycles. The van der Waals surface area contributed by atoms with Crippen molar-refractivity contribution in [2.75, 3.05) is 51.3 Å². The molecule has 7 nitrogen and oxygen atoms in total. The molecule has 2 aromatic rings. The van der Waals surface area contributed by atoms with E-state index in [1.807, 2.05) is 13.8 Å². The number of hydrogen-bond acceptors (Lipinski definition) is 6. The minimum atomic E-state index is -0.268. The number of nitrogens with one attached hydrogen (secondary N) is 1. The normalized spacial score (nSPS) is 14.5.